The molecule has 0 aromatic carbocycles. The van der Waals surface area contributed by atoms with Crippen molar-refractivity contribution < 1.29 is 4.79 Å². The van der Waals surface area contributed by atoms with E-state index in [-0.39, 0.29) is 11.4 Å². The molecule has 1 saturated carbocycles. The van der Waals surface area contributed by atoms with E-state index in [2.05, 4.69) is 4.98 Å². The van der Waals surface area contributed by atoms with Gasteiger partial charge in [-0.15, -0.1) is 11.3 Å². The van der Waals surface area contributed by atoms with Crippen molar-refractivity contribution in [1.29, 1.82) is 5.26 Å². The normalized spacial score (nSPS) is 16.4. The summed E-state index contributed by atoms with van der Waals surface area (Å²) in [5.74, 6) is 0.479. The van der Waals surface area contributed by atoms with Gasteiger partial charge in [-0.1, -0.05) is 20.8 Å². The van der Waals surface area contributed by atoms with Crippen LogP contribution < -0.4 is 0 Å². The van der Waals surface area contributed by atoms with Gasteiger partial charge < -0.3 is 0 Å². The Bertz CT molecular complexity index is 539. The summed E-state index contributed by atoms with van der Waals surface area (Å²) in [5.41, 5.74) is 0.392. The van der Waals surface area contributed by atoms with Crippen LogP contribution in [0.25, 0.3) is 6.08 Å². The highest BCUT2D eigenvalue weighted by molar-refractivity contribution is 7.09. The van der Waals surface area contributed by atoms with Gasteiger partial charge in [0.15, 0.2) is 5.78 Å². The van der Waals surface area contributed by atoms with Crippen LogP contribution in [0.4, 0.5) is 0 Å². The molecule has 0 saturated heterocycles. The van der Waals surface area contributed by atoms with Crippen LogP contribution in [-0.4, -0.2) is 10.8 Å². The van der Waals surface area contributed by atoms with E-state index < -0.39 is 5.41 Å². The van der Waals surface area contributed by atoms with Gasteiger partial charge in [0.25, 0.3) is 0 Å². The minimum Gasteiger partial charge on any atom is -0.293 e. The standard InChI is InChI=1S/C14H16N2OS/c1-14(2,3)12(17)10(7-15)6-11-8-18-13(16-11)9-4-5-9/h6,8-9H,4-5H2,1-3H3/b10-6-. The monoisotopic (exact) mass is 260 g/mol. The predicted octanol–water partition coefficient (Wildman–Crippen LogP) is 3.54. The number of rotatable bonds is 3. The van der Waals surface area contributed by atoms with Crippen molar-refractivity contribution in [3.63, 3.8) is 0 Å². The molecular formula is C14H16N2OS. The summed E-state index contributed by atoms with van der Waals surface area (Å²) in [6.07, 6.45) is 4.03. The first-order valence-corrected chi connectivity index (χ1v) is 6.92. The molecule has 18 heavy (non-hydrogen) atoms. The van der Waals surface area contributed by atoms with Crippen molar-refractivity contribution in [2.24, 2.45) is 5.41 Å². The second-order valence-electron chi connectivity index (χ2n) is 5.63. The summed E-state index contributed by atoms with van der Waals surface area (Å²) < 4.78 is 0. The number of ketones is 1. The molecule has 1 heterocycles. The number of carbonyl (C=O) groups is 1. The highest BCUT2D eigenvalue weighted by atomic mass is 32.1. The Balaban J connectivity index is 2.23. The van der Waals surface area contributed by atoms with Crippen LogP contribution in [0, 0.1) is 16.7 Å². The molecule has 1 fully saturated rings. The average molecular weight is 260 g/mol. The number of hydrogen-bond acceptors (Lipinski definition) is 4. The van der Waals surface area contributed by atoms with Crippen LogP contribution in [0.2, 0.25) is 0 Å². The molecule has 0 spiro atoms. The summed E-state index contributed by atoms with van der Waals surface area (Å²) in [6, 6.07) is 1.99. The summed E-state index contributed by atoms with van der Waals surface area (Å²) in [7, 11) is 0. The molecule has 3 nitrogen and oxygen atoms in total. The van der Waals surface area contributed by atoms with Crippen LogP contribution in [0.15, 0.2) is 11.0 Å². The van der Waals surface area contributed by atoms with Gasteiger partial charge in [0.1, 0.15) is 6.07 Å². The van der Waals surface area contributed by atoms with Gasteiger partial charge >= 0.3 is 0 Å². The zero-order chi connectivity index (χ0) is 13.3. The third kappa shape index (κ3) is 2.85. The summed E-state index contributed by atoms with van der Waals surface area (Å²) in [4.78, 5) is 16.5. The van der Waals surface area contributed by atoms with E-state index in [0.29, 0.717) is 5.92 Å². The third-order valence-corrected chi connectivity index (χ3v) is 3.83. The van der Waals surface area contributed by atoms with Crippen molar-refractivity contribution >= 4 is 23.2 Å². The van der Waals surface area contributed by atoms with Gasteiger partial charge in [0.2, 0.25) is 0 Å². The molecule has 4 heteroatoms. The highest BCUT2D eigenvalue weighted by Gasteiger charge is 2.27. The summed E-state index contributed by atoms with van der Waals surface area (Å²) in [5, 5.41) is 12.1. The molecule has 2 rings (SSSR count). The second-order valence-corrected chi connectivity index (χ2v) is 6.52. The number of hydrogen-bond donors (Lipinski definition) is 0. The van der Waals surface area contributed by atoms with Gasteiger partial charge in [0, 0.05) is 16.7 Å². The number of allylic oxidation sites excluding steroid dienone is 1. The van der Waals surface area contributed by atoms with Crippen LogP contribution in [0.5, 0.6) is 0 Å². The Morgan fingerprint density at radius 2 is 2.22 bits per heavy atom. The SMILES string of the molecule is CC(C)(C)C(=O)/C(C#N)=C\c1csc(C2CC2)n1. The maximum atomic E-state index is 12.0. The van der Waals surface area contributed by atoms with Crippen molar-refractivity contribution in [1.82, 2.24) is 4.98 Å². The second kappa shape index (κ2) is 4.66. The van der Waals surface area contributed by atoms with E-state index in [0.717, 1.165) is 10.7 Å². The summed E-state index contributed by atoms with van der Waals surface area (Å²) >= 11 is 1.62. The molecule has 0 amide bonds. The van der Waals surface area contributed by atoms with Gasteiger partial charge in [-0.05, 0) is 18.9 Å². The van der Waals surface area contributed by atoms with Gasteiger partial charge in [-0.3, -0.25) is 4.79 Å². The first-order valence-electron chi connectivity index (χ1n) is 6.04. The molecule has 0 unspecified atom stereocenters. The number of nitriles is 1. The lowest BCUT2D eigenvalue weighted by molar-refractivity contribution is -0.121. The molecule has 0 radical (unpaired) electrons. The lowest BCUT2D eigenvalue weighted by Gasteiger charge is -2.15. The minimum atomic E-state index is -0.531. The molecule has 0 N–H and O–H groups in total. The first-order chi connectivity index (χ1) is 8.41. The topological polar surface area (TPSA) is 53.8 Å². The predicted molar refractivity (Wildman–Crippen MR) is 72.1 cm³/mol. The minimum absolute atomic E-state index is 0.133. The molecular weight excluding hydrogens is 244 g/mol. The zero-order valence-electron chi connectivity index (χ0n) is 10.9. The number of carbonyl (C=O) groups excluding carboxylic acids is 1. The molecule has 1 aliphatic rings. The van der Waals surface area contributed by atoms with Crippen molar-refractivity contribution in [2.45, 2.75) is 39.5 Å². The number of nitrogens with zero attached hydrogens (tertiary/aromatic N) is 2. The summed E-state index contributed by atoms with van der Waals surface area (Å²) in [6.45, 7) is 5.45. The maximum absolute atomic E-state index is 12.0. The van der Waals surface area contributed by atoms with Crippen LogP contribution in [-0.2, 0) is 4.79 Å². The lowest BCUT2D eigenvalue weighted by Crippen LogP contribution is -2.21. The van der Waals surface area contributed by atoms with Crippen molar-refractivity contribution in [2.75, 3.05) is 0 Å². The molecule has 94 valence electrons. The van der Waals surface area contributed by atoms with Crippen LogP contribution in [0.3, 0.4) is 0 Å². The Hall–Kier alpha value is -1.47. The fourth-order valence-corrected chi connectivity index (χ4v) is 2.53. The molecule has 1 aliphatic carbocycles. The number of aromatic nitrogens is 1. The van der Waals surface area contributed by atoms with Crippen LogP contribution in [0.1, 0.15) is 50.2 Å². The lowest BCUT2D eigenvalue weighted by atomic mass is 9.86. The van der Waals surface area contributed by atoms with E-state index in [9.17, 15) is 4.79 Å². The Morgan fingerprint density at radius 3 is 2.72 bits per heavy atom. The van der Waals surface area contributed by atoms with E-state index in [1.165, 1.54) is 12.8 Å². The van der Waals surface area contributed by atoms with Gasteiger partial charge in [-0.25, -0.2) is 4.98 Å². The first kappa shape index (κ1) is 13.0. The molecule has 0 atom stereocenters. The Labute approximate surface area is 111 Å². The van der Waals surface area contributed by atoms with E-state index in [1.807, 2.05) is 32.2 Å². The van der Waals surface area contributed by atoms with Gasteiger partial charge in [0.05, 0.1) is 16.3 Å². The van der Waals surface area contributed by atoms with E-state index >= 15 is 0 Å². The van der Waals surface area contributed by atoms with Gasteiger partial charge in [-0.2, -0.15) is 5.26 Å². The third-order valence-electron chi connectivity index (χ3n) is 2.80. The van der Waals surface area contributed by atoms with E-state index in [4.69, 9.17) is 5.26 Å². The van der Waals surface area contributed by atoms with Crippen molar-refractivity contribution in [3.8, 4) is 6.07 Å². The quantitative estimate of drug-likeness (QED) is 0.617. The zero-order valence-corrected chi connectivity index (χ0v) is 11.7. The smallest absolute Gasteiger partial charge is 0.178 e. The van der Waals surface area contributed by atoms with Crippen molar-refractivity contribution in [3.05, 3.63) is 21.7 Å². The Morgan fingerprint density at radius 1 is 1.56 bits per heavy atom. The molecule has 0 bridgehead atoms. The molecule has 1 aromatic heterocycles. The number of thiazole rings is 1. The highest BCUT2D eigenvalue weighted by Crippen LogP contribution is 2.41. The number of Topliss-reactive ketones (excluding diaryl/α,β-unsaturated/α-hetero) is 1. The molecule has 1 aromatic rings. The fourth-order valence-electron chi connectivity index (χ4n) is 1.59. The molecule has 0 aliphatic heterocycles. The Kier molecular flexibility index (Phi) is 3.36. The maximum Gasteiger partial charge on any atom is 0.178 e. The fraction of sp³-hybridized carbons (Fsp3) is 0.500. The van der Waals surface area contributed by atoms with E-state index in [1.54, 1.807) is 17.4 Å². The van der Waals surface area contributed by atoms with Crippen LogP contribution >= 0.6 is 11.3 Å². The average Bonchev–Trinajstić information content (AvgIpc) is 3.05. The largest absolute Gasteiger partial charge is 0.293 e.